The SMILES string of the molecule is COC(=O)[C@H](Cn1cc(N)cn1)NC(=O)OC(C)(C)C.Cc1cc(-c2ccnc(Cl)n2)ccc1CCC(=O)c1cnc(C(C)(C)C)s1.Cc1cc(-c2ccnc(Nc3cnn(C[C@H](C)C(=O)O)c3)n2)ccc1CCC(=O)c1cnc(C(C)(C)C)s1. The number of ketones is 2. The molecule has 21 nitrogen and oxygen atoms in total. The van der Waals surface area contributed by atoms with Gasteiger partial charge in [0.05, 0.1) is 81.0 Å². The maximum atomic E-state index is 12.7. The third-order valence-corrected chi connectivity index (χ3v) is 15.7. The van der Waals surface area contributed by atoms with Crippen LogP contribution >= 0.6 is 34.3 Å². The third-order valence-electron chi connectivity index (χ3n) is 12.6. The van der Waals surface area contributed by atoms with E-state index >= 15 is 0 Å². The zero-order valence-electron chi connectivity index (χ0n) is 50.2. The Hall–Kier alpha value is -8.28. The number of aliphatic carboxylic acids is 1. The summed E-state index contributed by atoms with van der Waals surface area (Å²) in [7, 11) is 1.24. The van der Waals surface area contributed by atoms with Crippen molar-refractivity contribution in [2.24, 2.45) is 5.92 Å². The van der Waals surface area contributed by atoms with Crippen LogP contribution in [0.25, 0.3) is 22.5 Å². The minimum Gasteiger partial charge on any atom is -0.481 e. The van der Waals surface area contributed by atoms with Gasteiger partial charge in [0.15, 0.2) is 11.6 Å². The van der Waals surface area contributed by atoms with E-state index in [4.69, 9.17) is 27.2 Å². The Labute approximate surface area is 508 Å². The minimum atomic E-state index is -0.908. The van der Waals surface area contributed by atoms with Crippen molar-refractivity contribution in [2.45, 2.75) is 144 Å². The molecule has 0 saturated carbocycles. The van der Waals surface area contributed by atoms with Crippen molar-refractivity contribution in [3.05, 3.63) is 145 Å². The molecule has 0 unspecified atom stereocenters. The summed E-state index contributed by atoms with van der Waals surface area (Å²) in [4.78, 5) is 87.1. The third kappa shape index (κ3) is 20.2. The van der Waals surface area contributed by atoms with Crippen LogP contribution in [0.4, 0.5) is 22.1 Å². The maximum absolute atomic E-state index is 12.7. The van der Waals surface area contributed by atoms with Gasteiger partial charge in [0.25, 0.3) is 0 Å². The van der Waals surface area contributed by atoms with Crippen molar-refractivity contribution >= 4 is 81.2 Å². The van der Waals surface area contributed by atoms with Crippen molar-refractivity contribution in [1.82, 2.24) is 54.8 Å². The predicted octanol–water partition coefficient (Wildman–Crippen LogP) is 11.9. The number of methoxy groups -OCH3 is 1. The van der Waals surface area contributed by atoms with Crippen LogP contribution in [-0.4, -0.2) is 103 Å². The van der Waals surface area contributed by atoms with Crippen molar-refractivity contribution in [3.8, 4) is 22.5 Å². The average molecular weight is 1220 g/mol. The zero-order chi connectivity index (χ0) is 62.4. The molecule has 2 aromatic carbocycles. The number of hydrogen-bond donors (Lipinski definition) is 4. The Morgan fingerprint density at radius 3 is 1.67 bits per heavy atom. The first-order valence-corrected chi connectivity index (χ1v) is 29.3. The first-order chi connectivity index (χ1) is 39.9. The summed E-state index contributed by atoms with van der Waals surface area (Å²) in [5, 5.41) is 25.0. The van der Waals surface area contributed by atoms with E-state index in [2.05, 4.69) is 122 Å². The lowest BCUT2D eigenvalue weighted by molar-refractivity contribution is -0.143. The average Bonchev–Trinajstić information content (AvgIpc) is 4.38. The molecular formula is C61H74ClN13O8S2. The zero-order valence-corrected chi connectivity index (χ0v) is 52.6. The molecule has 0 aliphatic carbocycles. The van der Waals surface area contributed by atoms with E-state index in [1.165, 1.54) is 40.7 Å². The van der Waals surface area contributed by atoms with E-state index in [9.17, 15) is 24.0 Å². The number of ether oxygens (including phenoxy) is 2. The Morgan fingerprint density at radius 1 is 0.694 bits per heavy atom. The number of nitrogens with two attached hydrogens (primary N) is 1. The lowest BCUT2D eigenvalue weighted by Crippen LogP contribution is -2.46. The van der Waals surface area contributed by atoms with Crippen LogP contribution in [0, 0.1) is 19.8 Å². The van der Waals surface area contributed by atoms with Crippen LogP contribution in [0.3, 0.4) is 0 Å². The molecule has 2 atom stereocenters. The Morgan fingerprint density at radius 2 is 1.21 bits per heavy atom. The molecule has 8 aromatic rings. The molecule has 0 spiro atoms. The molecule has 5 N–H and O–H groups in total. The molecule has 1 amide bonds. The fourth-order valence-corrected chi connectivity index (χ4v) is 10.1. The molecule has 6 aromatic heterocycles. The first-order valence-electron chi connectivity index (χ1n) is 27.3. The fourth-order valence-electron chi connectivity index (χ4n) is 8.04. The number of nitrogens with one attached hydrogen (secondary N) is 2. The van der Waals surface area contributed by atoms with Crippen LogP contribution in [0.15, 0.2) is 98.1 Å². The van der Waals surface area contributed by atoms with Crippen LogP contribution < -0.4 is 16.4 Å². The van der Waals surface area contributed by atoms with Crippen LogP contribution in [0.5, 0.6) is 0 Å². The molecular weight excluding hydrogens is 1140 g/mol. The van der Waals surface area contributed by atoms with Gasteiger partial charge in [-0.05, 0) is 106 Å². The number of aryl methyl sites for hydroxylation is 4. The van der Waals surface area contributed by atoms with Crippen LogP contribution in [0.2, 0.25) is 5.28 Å². The van der Waals surface area contributed by atoms with E-state index in [1.54, 1.807) is 75.8 Å². The summed E-state index contributed by atoms with van der Waals surface area (Å²) in [5.74, 6) is -1.32. The summed E-state index contributed by atoms with van der Waals surface area (Å²) >= 11 is 8.86. The molecule has 85 heavy (non-hydrogen) atoms. The normalized spacial score (nSPS) is 12.2. The van der Waals surface area contributed by atoms with E-state index in [0.29, 0.717) is 47.9 Å². The molecule has 24 heteroatoms. The Kier molecular flexibility index (Phi) is 22.5. The summed E-state index contributed by atoms with van der Waals surface area (Å²) in [6.07, 6.45) is 14.7. The van der Waals surface area contributed by atoms with Crippen molar-refractivity contribution in [1.29, 1.82) is 0 Å². The predicted molar refractivity (Wildman–Crippen MR) is 330 cm³/mol. The van der Waals surface area contributed by atoms with E-state index in [1.807, 2.05) is 37.3 Å². The number of thiazole rings is 2. The molecule has 0 radical (unpaired) electrons. The van der Waals surface area contributed by atoms with Gasteiger partial charge in [-0.25, -0.2) is 39.5 Å². The Balaban J connectivity index is 0.000000216. The summed E-state index contributed by atoms with van der Waals surface area (Å²) in [6.45, 7) is 23.9. The summed E-state index contributed by atoms with van der Waals surface area (Å²) in [6, 6.07) is 15.0. The number of nitrogens with zero attached hydrogens (tertiary/aromatic N) is 10. The lowest BCUT2D eigenvalue weighted by atomic mass is 9.98. The second kappa shape index (κ2) is 29.0. The quantitative estimate of drug-likeness (QED) is 0.0332. The van der Waals surface area contributed by atoms with Crippen molar-refractivity contribution < 1.29 is 38.6 Å². The van der Waals surface area contributed by atoms with Gasteiger partial charge in [0.2, 0.25) is 11.2 Å². The number of anilines is 3. The molecule has 0 aliphatic rings. The van der Waals surface area contributed by atoms with Gasteiger partial charge in [0, 0.05) is 72.0 Å². The number of amides is 1. The molecule has 8 rings (SSSR count). The second-order valence-corrected chi connectivity index (χ2v) is 25.6. The number of carboxylic acids is 1. The highest BCUT2D eigenvalue weighted by Crippen LogP contribution is 2.31. The van der Waals surface area contributed by atoms with E-state index in [0.717, 1.165) is 59.7 Å². The highest BCUT2D eigenvalue weighted by molar-refractivity contribution is 7.14. The fraction of sp³-hybridized carbons (Fsp3) is 0.393. The van der Waals surface area contributed by atoms with E-state index in [-0.39, 0.29) is 40.8 Å². The highest BCUT2D eigenvalue weighted by atomic mass is 35.5. The first kappa shape index (κ1) is 65.9. The topological polar surface area (TPSA) is 287 Å². The number of carboxylic acid groups (broad SMARTS) is 1. The molecule has 0 saturated heterocycles. The smallest absolute Gasteiger partial charge is 0.408 e. The van der Waals surface area contributed by atoms with Crippen molar-refractivity contribution in [3.63, 3.8) is 0 Å². The number of aromatic nitrogens is 10. The molecule has 6 heterocycles. The molecule has 0 fully saturated rings. The Bertz CT molecular complexity index is 3610. The van der Waals surface area contributed by atoms with Gasteiger partial charge in [-0.3, -0.25) is 23.7 Å². The lowest BCUT2D eigenvalue weighted by Gasteiger charge is -2.22. The number of Topliss-reactive ketones (excluding diaryl/α,β-unsaturated/α-hetero) is 2. The molecule has 0 aliphatic heterocycles. The number of rotatable bonds is 19. The molecule has 450 valence electrons. The number of carbonyl (C=O) groups is 5. The van der Waals surface area contributed by atoms with Crippen LogP contribution in [0.1, 0.15) is 134 Å². The van der Waals surface area contributed by atoms with Gasteiger partial charge in [-0.15, -0.1) is 22.7 Å². The number of halogens is 1. The van der Waals surface area contributed by atoms with Crippen molar-refractivity contribution in [2.75, 3.05) is 18.2 Å². The van der Waals surface area contributed by atoms with Gasteiger partial charge in [-0.2, -0.15) is 10.2 Å². The number of esters is 1. The van der Waals surface area contributed by atoms with Gasteiger partial charge >= 0.3 is 18.0 Å². The number of nitrogen functional groups attached to an aromatic ring is 1. The largest absolute Gasteiger partial charge is 0.481 e. The number of alkyl carbamates (subject to hydrolysis) is 1. The van der Waals surface area contributed by atoms with Gasteiger partial charge < -0.3 is 30.9 Å². The number of carbonyl (C=O) groups excluding carboxylic acids is 4. The highest BCUT2D eigenvalue weighted by Gasteiger charge is 2.27. The monoisotopic (exact) mass is 1220 g/mol. The minimum absolute atomic E-state index is 0.0283. The standard InChI is InChI=1S/C28H32N6O3S.C21H22ClN3OS.C12H20N4O4/c1-17-12-20(7-6-19(17)8-9-23(35)24-14-30-26(38-24)28(3,4)5)22-10-11-29-27(33-22)32-21-13-31-34(16-21)15-18(2)25(36)37;1-13-11-15(16-9-10-23-20(22)25-16)6-5-14(13)7-8-17(26)18-12-24-19(27-18)21(2,3)4;1-12(2,3)20-11(18)15-9(10(17)19-4)7-16-6-8(13)5-14-16/h6-7,10-14,16,18H,8-9,15H2,1-5H3,(H,36,37)(H,29,32,33);5-6,9-12H,7-8H2,1-4H3;5-6,9H,7,13H2,1-4H3,(H,15,18)/t18-;;9-/m0.0/s1. The maximum Gasteiger partial charge on any atom is 0.408 e. The summed E-state index contributed by atoms with van der Waals surface area (Å²) in [5.41, 5.74) is 13.9. The van der Waals surface area contributed by atoms with E-state index < -0.39 is 35.6 Å². The van der Waals surface area contributed by atoms with Gasteiger partial charge in [-0.1, -0.05) is 72.7 Å². The number of hydrogen-bond acceptors (Lipinski definition) is 19. The van der Waals surface area contributed by atoms with Crippen LogP contribution in [-0.2, 0) is 55.8 Å². The molecule has 0 bridgehead atoms. The number of benzene rings is 2. The summed E-state index contributed by atoms with van der Waals surface area (Å²) < 4.78 is 12.8. The second-order valence-electron chi connectivity index (χ2n) is 23.2. The van der Waals surface area contributed by atoms with Gasteiger partial charge in [0.1, 0.15) is 11.6 Å².